The quantitative estimate of drug-likeness (QED) is 0.613. The van der Waals surface area contributed by atoms with Crippen molar-refractivity contribution in [3.8, 4) is 0 Å². The Morgan fingerprint density at radius 1 is 1.29 bits per heavy atom. The summed E-state index contributed by atoms with van der Waals surface area (Å²) >= 11 is 0. The smallest absolute Gasteiger partial charge is 0.0856 e. The van der Waals surface area contributed by atoms with E-state index in [2.05, 4.69) is 13.8 Å². The van der Waals surface area contributed by atoms with Gasteiger partial charge in [0.25, 0.3) is 0 Å². The molecule has 1 N–H and O–H groups in total. The van der Waals surface area contributed by atoms with Crippen LogP contribution in [0.1, 0.15) is 33.6 Å². The third kappa shape index (κ3) is 5.58. The van der Waals surface area contributed by atoms with Crippen molar-refractivity contribution < 1.29 is 14.6 Å². The molecular formula is C11H24O3. The number of methoxy groups -OCH3 is 1. The molecule has 0 rings (SSSR count). The molecule has 2 unspecified atom stereocenters. The van der Waals surface area contributed by atoms with Crippen LogP contribution in [-0.2, 0) is 9.47 Å². The van der Waals surface area contributed by atoms with E-state index < -0.39 is 0 Å². The first kappa shape index (κ1) is 13.9. The van der Waals surface area contributed by atoms with Crippen molar-refractivity contribution in [2.24, 2.45) is 5.92 Å². The highest BCUT2D eigenvalue weighted by Gasteiger charge is 2.22. The predicted octanol–water partition coefficient (Wildman–Crippen LogP) is 1.83. The summed E-state index contributed by atoms with van der Waals surface area (Å²) in [6, 6.07) is 0. The Bertz CT molecular complexity index is 126. The first-order chi connectivity index (χ1) is 6.63. The summed E-state index contributed by atoms with van der Waals surface area (Å²) in [5.41, 5.74) is 0. The summed E-state index contributed by atoms with van der Waals surface area (Å²) in [7, 11) is 1.68. The van der Waals surface area contributed by atoms with Gasteiger partial charge in [0.05, 0.1) is 12.2 Å². The summed E-state index contributed by atoms with van der Waals surface area (Å²) in [4.78, 5) is 0. The van der Waals surface area contributed by atoms with Crippen molar-refractivity contribution in [2.75, 3.05) is 20.3 Å². The molecule has 0 aromatic rings. The highest BCUT2D eigenvalue weighted by atomic mass is 16.5. The first-order valence-electron chi connectivity index (χ1n) is 5.42. The lowest BCUT2D eigenvalue weighted by atomic mass is 9.98. The molecule has 0 fully saturated rings. The van der Waals surface area contributed by atoms with Crippen LogP contribution in [0.3, 0.4) is 0 Å². The second-order valence-electron chi connectivity index (χ2n) is 3.87. The van der Waals surface area contributed by atoms with Crippen LogP contribution < -0.4 is 0 Å². The average molecular weight is 204 g/mol. The van der Waals surface area contributed by atoms with Gasteiger partial charge in [0, 0.05) is 20.3 Å². The van der Waals surface area contributed by atoms with Crippen molar-refractivity contribution in [3.63, 3.8) is 0 Å². The monoisotopic (exact) mass is 204 g/mol. The molecule has 2 atom stereocenters. The molecule has 3 nitrogen and oxygen atoms in total. The molecule has 0 amide bonds. The molecular weight excluding hydrogens is 180 g/mol. The van der Waals surface area contributed by atoms with Crippen LogP contribution >= 0.6 is 0 Å². The highest BCUT2D eigenvalue weighted by molar-refractivity contribution is 4.72. The summed E-state index contributed by atoms with van der Waals surface area (Å²) in [5, 5.41) is 9.86. The molecule has 14 heavy (non-hydrogen) atoms. The second-order valence-corrected chi connectivity index (χ2v) is 3.87. The maximum absolute atomic E-state index is 9.86. The van der Waals surface area contributed by atoms with Crippen molar-refractivity contribution in [1.82, 2.24) is 0 Å². The van der Waals surface area contributed by atoms with Gasteiger partial charge in [-0.25, -0.2) is 0 Å². The van der Waals surface area contributed by atoms with E-state index in [4.69, 9.17) is 9.47 Å². The van der Waals surface area contributed by atoms with Crippen LogP contribution in [0.4, 0.5) is 0 Å². The lowest BCUT2D eigenvalue weighted by Crippen LogP contribution is -2.34. The second kappa shape index (κ2) is 8.21. The Labute approximate surface area is 87.4 Å². The maximum Gasteiger partial charge on any atom is 0.0856 e. The summed E-state index contributed by atoms with van der Waals surface area (Å²) in [5.74, 6) is 0.354. The zero-order chi connectivity index (χ0) is 11.0. The number of aliphatic hydroxyl groups is 1. The van der Waals surface area contributed by atoms with Gasteiger partial charge >= 0.3 is 0 Å². The van der Waals surface area contributed by atoms with E-state index in [1.807, 2.05) is 6.92 Å². The maximum atomic E-state index is 9.86. The fourth-order valence-electron chi connectivity index (χ4n) is 1.54. The summed E-state index contributed by atoms with van der Waals surface area (Å²) in [6.07, 6.45) is 1.21. The molecule has 86 valence electrons. The van der Waals surface area contributed by atoms with Gasteiger partial charge in [0.1, 0.15) is 0 Å². The van der Waals surface area contributed by atoms with Gasteiger partial charge in [-0.05, 0) is 25.7 Å². The molecule has 3 heteroatoms. The number of hydrogen-bond acceptors (Lipinski definition) is 3. The standard InChI is InChI=1S/C11H24O3/c1-5-14-11(9(2)3)10(12)7-6-8-13-4/h9-12H,5-8H2,1-4H3. The number of hydrogen-bond donors (Lipinski definition) is 1. The SMILES string of the molecule is CCOC(C(C)C)C(O)CCCOC. The van der Waals surface area contributed by atoms with E-state index in [0.29, 0.717) is 19.1 Å². The average Bonchev–Trinajstić information content (AvgIpc) is 2.13. The van der Waals surface area contributed by atoms with Gasteiger partial charge in [-0.1, -0.05) is 13.8 Å². The van der Waals surface area contributed by atoms with E-state index in [1.165, 1.54) is 0 Å². The normalized spacial score (nSPS) is 15.9. The fourth-order valence-corrected chi connectivity index (χ4v) is 1.54. The topological polar surface area (TPSA) is 38.7 Å². The minimum absolute atomic E-state index is 0.0446. The Kier molecular flexibility index (Phi) is 8.14. The van der Waals surface area contributed by atoms with Crippen molar-refractivity contribution >= 4 is 0 Å². The Balaban J connectivity index is 3.82. The number of rotatable bonds is 8. The molecule has 0 radical (unpaired) electrons. The summed E-state index contributed by atoms with van der Waals surface area (Å²) in [6.45, 7) is 7.45. The third-order valence-electron chi connectivity index (χ3n) is 2.24. The number of aliphatic hydroxyl groups excluding tert-OH is 1. The Morgan fingerprint density at radius 2 is 1.93 bits per heavy atom. The first-order valence-corrected chi connectivity index (χ1v) is 5.42. The molecule has 0 spiro atoms. The molecule has 0 aromatic heterocycles. The van der Waals surface area contributed by atoms with Crippen LogP contribution in [0.15, 0.2) is 0 Å². The van der Waals surface area contributed by atoms with Crippen LogP contribution in [0.5, 0.6) is 0 Å². The van der Waals surface area contributed by atoms with E-state index in [0.717, 1.165) is 12.8 Å². The number of ether oxygens (including phenoxy) is 2. The highest BCUT2D eigenvalue weighted by Crippen LogP contribution is 2.15. The largest absolute Gasteiger partial charge is 0.390 e. The van der Waals surface area contributed by atoms with Crippen molar-refractivity contribution in [3.05, 3.63) is 0 Å². The van der Waals surface area contributed by atoms with Crippen LogP contribution in [-0.4, -0.2) is 37.6 Å². The zero-order valence-electron chi connectivity index (χ0n) is 9.82. The lowest BCUT2D eigenvalue weighted by molar-refractivity contribution is -0.0615. The van der Waals surface area contributed by atoms with E-state index >= 15 is 0 Å². The minimum Gasteiger partial charge on any atom is -0.390 e. The molecule has 0 bridgehead atoms. The Morgan fingerprint density at radius 3 is 2.36 bits per heavy atom. The molecule has 0 heterocycles. The minimum atomic E-state index is -0.370. The van der Waals surface area contributed by atoms with Crippen LogP contribution in [0.25, 0.3) is 0 Å². The van der Waals surface area contributed by atoms with Gasteiger partial charge in [0.2, 0.25) is 0 Å². The Hall–Kier alpha value is -0.120. The predicted molar refractivity (Wildman–Crippen MR) is 57.4 cm³/mol. The van der Waals surface area contributed by atoms with Crippen molar-refractivity contribution in [1.29, 1.82) is 0 Å². The zero-order valence-corrected chi connectivity index (χ0v) is 9.82. The molecule has 0 aliphatic carbocycles. The molecule has 0 aliphatic heterocycles. The third-order valence-corrected chi connectivity index (χ3v) is 2.24. The van der Waals surface area contributed by atoms with E-state index in [9.17, 15) is 5.11 Å². The molecule has 0 aliphatic rings. The van der Waals surface area contributed by atoms with Crippen LogP contribution in [0, 0.1) is 5.92 Å². The van der Waals surface area contributed by atoms with Gasteiger partial charge in [-0.2, -0.15) is 0 Å². The van der Waals surface area contributed by atoms with Crippen molar-refractivity contribution in [2.45, 2.75) is 45.8 Å². The summed E-state index contributed by atoms with van der Waals surface area (Å²) < 4.78 is 10.4. The van der Waals surface area contributed by atoms with Gasteiger partial charge < -0.3 is 14.6 Å². The van der Waals surface area contributed by atoms with Crippen LogP contribution in [0.2, 0.25) is 0 Å². The fraction of sp³-hybridized carbons (Fsp3) is 1.00. The lowest BCUT2D eigenvalue weighted by Gasteiger charge is -2.26. The molecule has 0 aromatic carbocycles. The van der Waals surface area contributed by atoms with Gasteiger partial charge in [0.15, 0.2) is 0 Å². The molecule has 0 saturated carbocycles. The van der Waals surface area contributed by atoms with Gasteiger partial charge in [-0.15, -0.1) is 0 Å². The van der Waals surface area contributed by atoms with E-state index in [1.54, 1.807) is 7.11 Å². The molecule has 0 saturated heterocycles. The van der Waals surface area contributed by atoms with Gasteiger partial charge in [-0.3, -0.25) is 0 Å². The van der Waals surface area contributed by atoms with E-state index in [-0.39, 0.29) is 12.2 Å².